The standard InChI is InChI=1S/C22H22O2S/c23-20(11-6-12-21(24)25)22(17-8-2-1-3-9-17)19-14-13-16-7-4-5-10-18(16)15-19/h1-5,7-10,13-15,20,22-23H,6,11-12H2,(H,24,25)/t20-,22+/m1/s1. The van der Waals surface area contributed by atoms with Gasteiger partial charge in [-0.1, -0.05) is 72.8 Å². The number of thiol groups is 1. The molecular weight excluding hydrogens is 328 g/mol. The molecule has 0 unspecified atom stereocenters. The maximum atomic E-state index is 11.1. The van der Waals surface area contributed by atoms with Gasteiger partial charge in [0.05, 0.1) is 6.10 Å². The summed E-state index contributed by atoms with van der Waals surface area (Å²) in [6, 6.07) is 24.6. The van der Waals surface area contributed by atoms with Crippen molar-refractivity contribution in [3.63, 3.8) is 0 Å². The van der Waals surface area contributed by atoms with Crippen LogP contribution in [0.1, 0.15) is 36.3 Å². The number of benzene rings is 3. The second kappa shape index (κ2) is 8.32. The molecule has 0 aromatic heterocycles. The van der Waals surface area contributed by atoms with Crippen LogP contribution in [0, 0.1) is 0 Å². The number of carbonyl (C=O) groups excluding carboxylic acids is 1. The minimum absolute atomic E-state index is 0.110. The highest BCUT2D eigenvalue weighted by atomic mass is 32.1. The minimum Gasteiger partial charge on any atom is -0.392 e. The van der Waals surface area contributed by atoms with Crippen LogP contribution in [0.5, 0.6) is 0 Å². The van der Waals surface area contributed by atoms with Gasteiger partial charge in [0.1, 0.15) is 0 Å². The lowest BCUT2D eigenvalue weighted by Gasteiger charge is -2.24. The highest BCUT2D eigenvalue weighted by Gasteiger charge is 2.23. The van der Waals surface area contributed by atoms with Crippen molar-refractivity contribution >= 4 is 28.5 Å². The van der Waals surface area contributed by atoms with E-state index >= 15 is 0 Å². The Labute approximate surface area is 153 Å². The molecule has 2 nitrogen and oxygen atoms in total. The second-order valence-corrected chi connectivity index (χ2v) is 6.85. The van der Waals surface area contributed by atoms with Crippen molar-refractivity contribution in [1.29, 1.82) is 0 Å². The average molecular weight is 350 g/mol. The smallest absolute Gasteiger partial charge is 0.185 e. The molecule has 0 aliphatic heterocycles. The normalized spacial score (nSPS) is 13.5. The quantitative estimate of drug-likeness (QED) is 0.591. The van der Waals surface area contributed by atoms with Crippen LogP contribution in [0.15, 0.2) is 72.8 Å². The molecule has 2 atom stereocenters. The van der Waals surface area contributed by atoms with Gasteiger partial charge in [0, 0.05) is 12.3 Å². The van der Waals surface area contributed by atoms with E-state index in [4.69, 9.17) is 0 Å². The van der Waals surface area contributed by atoms with E-state index in [1.807, 2.05) is 42.5 Å². The molecule has 0 saturated carbocycles. The molecule has 25 heavy (non-hydrogen) atoms. The molecule has 0 spiro atoms. The van der Waals surface area contributed by atoms with Crippen LogP contribution in [-0.2, 0) is 4.79 Å². The summed E-state index contributed by atoms with van der Waals surface area (Å²) in [5.74, 6) is -0.110. The predicted molar refractivity (Wildman–Crippen MR) is 106 cm³/mol. The summed E-state index contributed by atoms with van der Waals surface area (Å²) in [5.41, 5.74) is 2.18. The average Bonchev–Trinajstić information content (AvgIpc) is 2.62. The summed E-state index contributed by atoms with van der Waals surface area (Å²) in [6.45, 7) is 0. The minimum atomic E-state index is -0.545. The SMILES string of the molecule is O=C(S)CCC[C@@H](O)[C@@H](c1ccccc1)c1ccc2ccccc2c1. The molecule has 3 heteroatoms. The molecule has 128 valence electrons. The van der Waals surface area contributed by atoms with Crippen LogP contribution >= 0.6 is 12.6 Å². The van der Waals surface area contributed by atoms with Gasteiger partial charge >= 0.3 is 0 Å². The first kappa shape index (κ1) is 17.7. The van der Waals surface area contributed by atoms with E-state index in [1.165, 1.54) is 10.8 Å². The lowest BCUT2D eigenvalue weighted by molar-refractivity contribution is -0.110. The van der Waals surface area contributed by atoms with Gasteiger partial charge in [-0.25, -0.2) is 0 Å². The number of rotatable bonds is 7. The molecule has 3 rings (SSSR count). The van der Waals surface area contributed by atoms with E-state index in [1.54, 1.807) is 0 Å². The Morgan fingerprint density at radius 1 is 0.880 bits per heavy atom. The van der Waals surface area contributed by atoms with Gasteiger partial charge < -0.3 is 5.11 Å². The lowest BCUT2D eigenvalue weighted by atomic mass is 9.84. The first-order valence-electron chi connectivity index (χ1n) is 8.58. The van der Waals surface area contributed by atoms with Gasteiger partial charge in [0.15, 0.2) is 5.12 Å². The lowest BCUT2D eigenvalue weighted by Crippen LogP contribution is -2.20. The Morgan fingerprint density at radius 2 is 1.56 bits per heavy atom. The molecule has 0 aliphatic rings. The number of aliphatic hydroxyl groups excluding tert-OH is 1. The molecule has 3 aromatic rings. The van der Waals surface area contributed by atoms with E-state index in [0.717, 1.165) is 11.1 Å². The van der Waals surface area contributed by atoms with E-state index in [0.29, 0.717) is 19.3 Å². The molecule has 0 amide bonds. The Morgan fingerprint density at radius 3 is 2.28 bits per heavy atom. The Balaban J connectivity index is 1.93. The molecule has 0 heterocycles. The van der Waals surface area contributed by atoms with E-state index in [9.17, 15) is 9.90 Å². The van der Waals surface area contributed by atoms with Gasteiger partial charge in [-0.3, -0.25) is 4.79 Å². The van der Waals surface area contributed by atoms with Gasteiger partial charge in [-0.05, 0) is 34.7 Å². The highest BCUT2D eigenvalue weighted by molar-refractivity contribution is 7.96. The summed E-state index contributed by atoms with van der Waals surface area (Å²) < 4.78 is 0. The largest absolute Gasteiger partial charge is 0.392 e. The van der Waals surface area contributed by atoms with Crippen LogP contribution in [0.4, 0.5) is 0 Å². The van der Waals surface area contributed by atoms with Crippen molar-refractivity contribution in [3.05, 3.63) is 83.9 Å². The van der Waals surface area contributed by atoms with Crippen LogP contribution in [0.25, 0.3) is 10.8 Å². The Hall–Kier alpha value is -2.10. The fourth-order valence-electron chi connectivity index (χ4n) is 3.33. The molecule has 1 N–H and O–H groups in total. The van der Waals surface area contributed by atoms with Crippen LogP contribution in [0.3, 0.4) is 0 Å². The van der Waals surface area contributed by atoms with Gasteiger partial charge in [-0.2, -0.15) is 0 Å². The number of carbonyl (C=O) groups is 1. The van der Waals surface area contributed by atoms with E-state index < -0.39 is 6.10 Å². The molecule has 0 aliphatic carbocycles. The van der Waals surface area contributed by atoms with Crippen molar-refractivity contribution in [2.24, 2.45) is 0 Å². The maximum Gasteiger partial charge on any atom is 0.185 e. The third-order valence-corrected chi connectivity index (χ3v) is 4.79. The number of fused-ring (bicyclic) bond motifs is 1. The summed E-state index contributed by atoms with van der Waals surface area (Å²) in [6.07, 6.45) is 1.05. The highest BCUT2D eigenvalue weighted by Crippen LogP contribution is 2.32. The fourth-order valence-corrected chi connectivity index (χ4v) is 3.49. The first-order valence-corrected chi connectivity index (χ1v) is 9.03. The second-order valence-electron chi connectivity index (χ2n) is 6.35. The molecular formula is C22H22O2S. The van der Waals surface area contributed by atoms with E-state index in [2.05, 4.69) is 43.0 Å². The Bertz CT molecular complexity index is 845. The molecule has 0 fully saturated rings. The van der Waals surface area contributed by atoms with Crippen LogP contribution < -0.4 is 0 Å². The van der Waals surface area contributed by atoms with Crippen molar-refractivity contribution in [2.75, 3.05) is 0 Å². The Kier molecular flexibility index (Phi) is 5.90. The van der Waals surface area contributed by atoms with Crippen molar-refractivity contribution < 1.29 is 9.90 Å². The molecule has 3 aromatic carbocycles. The zero-order valence-corrected chi connectivity index (χ0v) is 14.9. The summed E-state index contributed by atoms with van der Waals surface area (Å²) in [5, 5.41) is 13.1. The summed E-state index contributed by atoms with van der Waals surface area (Å²) in [4.78, 5) is 11.1. The monoisotopic (exact) mass is 350 g/mol. The van der Waals surface area contributed by atoms with Crippen LogP contribution in [-0.4, -0.2) is 16.3 Å². The van der Waals surface area contributed by atoms with Gasteiger partial charge in [0.25, 0.3) is 0 Å². The number of hydrogen-bond acceptors (Lipinski definition) is 2. The van der Waals surface area contributed by atoms with Crippen molar-refractivity contribution in [3.8, 4) is 0 Å². The topological polar surface area (TPSA) is 37.3 Å². The number of aliphatic hydroxyl groups is 1. The predicted octanol–water partition coefficient (Wildman–Crippen LogP) is 4.96. The summed E-state index contributed by atoms with van der Waals surface area (Å²) >= 11 is 3.81. The van der Waals surface area contributed by atoms with Crippen molar-refractivity contribution in [2.45, 2.75) is 31.3 Å². The fraction of sp³-hybridized carbons (Fsp3) is 0.227. The molecule has 0 radical (unpaired) electrons. The zero-order valence-electron chi connectivity index (χ0n) is 14.0. The van der Waals surface area contributed by atoms with Crippen LogP contribution in [0.2, 0.25) is 0 Å². The molecule has 0 bridgehead atoms. The third-order valence-electron chi connectivity index (χ3n) is 4.57. The first-order chi connectivity index (χ1) is 12.1. The van der Waals surface area contributed by atoms with Crippen molar-refractivity contribution in [1.82, 2.24) is 0 Å². The summed E-state index contributed by atoms with van der Waals surface area (Å²) in [7, 11) is 0. The number of hydrogen-bond donors (Lipinski definition) is 2. The van der Waals surface area contributed by atoms with E-state index in [-0.39, 0.29) is 11.0 Å². The van der Waals surface area contributed by atoms with Gasteiger partial charge in [-0.15, -0.1) is 12.6 Å². The molecule has 0 saturated heterocycles. The maximum absolute atomic E-state index is 11.1. The zero-order chi connectivity index (χ0) is 17.6. The third kappa shape index (κ3) is 4.50. The van der Waals surface area contributed by atoms with Gasteiger partial charge in [0.2, 0.25) is 0 Å².